The number of anilines is 3. The van der Waals surface area contributed by atoms with Crippen molar-refractivity contribution < 1.29 is 26.8 Å². The Kier molecular flexibility index (Phi) is 8.71. The number of rotatable bonds is 9. The number of hydrogen-bond acceptors (Lipinski definition) is 8. The molecule has 14 heteroatoms. The van der Waals surface area contributed by atoms with Gasteiger partial charge in [0, 0.05) is 12.6 Å². The molecule has 0 saturated heterocycles. The van der Waals surface area contributed by atoms with Crippen molar-refractivity contribution in [3.05, 3.63) is 70.7 Å². The molecule has 0 fully saturated rings. The van der Waals surface area contributed by atoms with E-state index in [0.717, 1.165) is 10.6 Å². The van der Waals surface area contributed by atoms with Crippen LogP contribution in [0.25, 0.3) is 11.1 Å². The van der Waals surface area contributed by atoms with Crippen LogP contribution >= 0.6 is 11.6 Å². The summed E-state index contributed by atoms with van der Waals surface area (Å²) in [4.78, 5) is 13.3. The van der Waals surface area contributed by atoms with Crippen LogP contribution in [0.2, 0.25) is 5.02 Å². The molecular weight excluding hydrogens is 554 g/mol. The fraction of sp³-hybridized carbons (Fsp3) is 0.208. The molecule has 11 nitrogen and oxygen atoms in total. The minimum absolute atomic E-state index is 0.0193. The van der Waals surface area contributed by atoms with Gasteiger partial charge in [0.25, 0.3) is 0 Å². The van der Waals surface area contributed by atoms with Crippen molar-refractivity contribution >= 4 is 54.6 Å². The van der Waals surface area contributed by atoms with E-state index in [-0.39, 0.29) is 33.4 Å². The van der Waals surface area contributed by atoms with E-state index in [1.807, 2.05) is 5.48 Å². The Morgan fingerprint density at radius 2 is 1.71 bits per heavy atom. The molecule has 3 aromatic carbocycles. The van der Waals surface area contributed by atoms with Crippen LogP contribution < -0.4 is 21.7 Å². The van der Waals surface area contributed by atoms with Gasteiger partial charge >= 0.3 is 0 Å². The highest BCUT2D eigenvalue weighted by Gasteiger charge is 2.31. The van der Waals surface area contributed by atoms with Crippen molar-refractivity contribution in [3.8, 4) is 11.1 Å². The van der Waals surface area contributed by atoms with E-state index >= 15 is 0 Å². The van der Waals surface area contributed by atoms with Gasteiger partial charge in [-0.15, -0.1) is 0 Å². The Balaban J connectivity index is 1.95. The third kappa shape index (κ3) is 6.43. The Hall–Kier alpha value is -3.20. The Morgan fingerprint density at radius 3 is 2.29 bits per heavy atom. The van der Waals surface area contributed by atoms with Gasteiger partial charge in [-0.25, -0.2) is 22.0 Å². The van der Waals surface area contributed by atoms with Gasteiger partial charge in [-0.1, -0.05) is 41.9 Å². The number of carbonyl (C=O) groups excluding carboxylic acids is 1. The van der Waals surface area contributed by atoms with Gasteiger partial charge in [0.05, 0.1) is 33.2 Å². The molecule has 0 aliphatic heterocycles. The van der Waals surface area contributed by atoms with Crippen LogP contribution in [0.4, 0.5) is 17.1 Å². The summed E-state index contributed by atoms with van der Waals surface area (Å²) in [5.74, 6) is -0.653. The maximum absolute atomic E-state index is 13.4. The van der Waals surface area contributed by atoms with Crippen molar-refractivity contribution in [3.63, 3.8) is 0 Å². The molecule has 0 aromatic heterocycles. The van der Waals surface area contributed by atoms with Gasteiger partial charge in [-0.2, -0.15) is 4.31 Å². The van der Waals surface area contributed by atoms with Crippen LogP contribution in [0, 0.1) is 6.92 Å². The molecule has 0 bridgehead atoms. The highest BCUT2D eigenvalue weighted by Crippen LogP contribution is 2.33. The SMILES string of the molecule is Cc1c(C[C@@H](C(=O)Nc2ccc(-c3ccccc3S(N)(=O)=O)cc2Cl)N(C)S(C)(=O)=O)ccc(NO)c1N. The number of carbonyl (C=O) groups is 1. The molecule has 1 amide bonds. The number of nitrogens with one attached hydrogen (secondary N) is 2. The number of primary sulfonamides is 1. The zero-order valence-corrected chi connectivity index (χ0v) is 23.2. The lowest BCUT2D eigenvalue weighted by atomic mass is 9.98. The Labute approximate surface area is 226 Å². The summed E-state index contributed by atoms with van der Waals surface area (Å²) in [6, 6.07) is 12.6. The zero-order chi connectivity index (χ0) is 28.4. The highest BCUT2D eigenvalue weighted by atomic mass is 35.5. The van der Waals surface area contributed by atoms with Crippen LogP contribution in [-0.2, 0) is 31.3 Å². The summed E-state index contributed by atoms with van der Waals surface area (Å²) in [6.07, 6.45) is 0.965. The molecule has 0 radical (unpaired) electrons. The molecule has 0 spiro atoms. The van der Waals surface area contributed by atoms with Crippen molar-refractivity contribution in [1.82, 2.24) is 4.31 Å². The minimum atomic E-state index is -4.00. The summed E-state index contributed by atoms with van der Waals surface area (Å²) in [5.41, 5.74) is 10.7. The van der Waals surface area contributed by atoms with E-state index in [1.54, 1.807) is 37.3 Å². The van der Waals surface area contributed by atoms with E-state index in [1.165, 1.54) is 31.3 Å². The Morgan fingerprint density at radius 1 is 1.08 bits per heavy atom. The number of likely N-dealkylation sites (N-methyl/N-ethyl adjacent to an activating group) is 1. The first-order valence-corrected chi connectivity index (χ1v) is 14.9. The maximum atomic E-state index is 13.4. The summed E-state index contributed by atoms with van der Waals surface area (Å²) >= 11 is 6.43. The molecule has 3 aromatic rings. The van der Waals surface area contributed by atoms with Crippen LogP contribution in [0.3, 0.4) is 0 Å². The number of sulfonamides is 2. The van der Waals surface area contributed by atoms with E-state index in [4.69, 9.17) is 22.5 Å². The molecule has 0 aliphatic rings. The number of benzene rings is 3. The van der Waals surface area contributed by atoms with Crippen molar-refractivity contribution in [1.29, 1.82) is 0 Å². The van der Waals surface area contributed by atoms with Crippen molar-refractivity contribution in [2.24, 2.45) is 5.14 Å². The second-order valence-electron chi connectivity index (χ2n) is 8.65. The van der Waals surface area contributed by atoms with Crippen LogP contribution in [0.5, 0.6) is 0 Å². The first kappa shape index (κ1) is 29.4. The lowest BCUT2D eigenvalue weighted by Crippen LogP contribution is -2.46. The molecule has 7 N–H and O–H groups in total. The van der Waals surface area contributed by atoms with Crippen LogP contribution in [-0.4, -0.2) is 51.6 Å². The molecule has 0 unspecified atom stereocenters. The monoisotopic (exact) mass is 581 g/mol. The number of nitrogens with zero attached hydrogens (tertiary/aromatic N) is 1. The highest BCUT2D eigenvalue weighted by molar-refractivity contribution is 7.89. The maximum Gasteiger partial charge on any atom is 0.243 e. The summed E-state index contributed by atoms with van der Waals surface area (Å²) in [5, 5.41) is 17.3. The lowest BCUT2D eigenvalue weighted by Gasteiger charge is -2.26. The van der Waals surface area contributed by atoms with Crippen molar-refractivity contribution in [2.45, 2.75) is 24.3 Å². The standard InChI is InChI=1S/C24H28ClN5O6S2/c1-14-15(8-11-20(29-32)23(14)26)13-21(30(2)37(3,33)34)24(31)28-19-10-9-16(12-18(19)25)17-6-4-5-7-22(17)38(27,35)36/h4-12,21,29,32H,13,26H2,1-3H3,(H,28,31)(H2,27,35,36)/t21-/m0/s1. The third-order valence-electron chi connectivity index (χ3n) is 6.16. The van der Waals surface area contributed by atoms with E-state index in [0.29, 0.717) is 22.3 Å². The molecule has 0 aliphatic carbocycles. The smallest absolute Gasteiger partial charge is 0.243 e. The average Bonchev–Trinajstić information content (AvgIpc) is 2.84. The predicted octanol–water partition coefficient (Wildman–Crippen LogP) is 2.79. The van der Waals surface area contributed by atoms with Gasteiger partial charge in [-0.3, -0.25) is 15.5 Å². The fourth-order valence-electron chi connectivity index (χ4n) is 3.87. The normalized spacial score (nSPS) is 12.8. The topological polar surface area (TPSA) is 185 Å². The summed E-state index contributed by atoms with van der Waals surface area (Å²) in [7, 11) is -6.49. The predicted molar refractivity (Wildman–Crippen MR) is 148 cm³/mol. The van der Waals surface area contributed by atoms with Gasteiger partial charge in [0.2, 0.25) is 26.0 Å². The lowest BCUT2D eigenvalue weighted by molar-refractivity contribution is -0.119. The number of amides is 1. The first-order chi connectivity index (χ1) is 17.6. The van der Waals surface area contributed by atoms with E-state index in [2.05, 4.69) is 5.32 Å². The molecule has 204 valence electrons. The van der Waals surface area contributed by atoms with Crippen molar-refractivity contribution in [2.75, 3.05) is 29.8 Å². The quantitative estimate of drug-likeness (QED) is 0.188. The molecule has 0 heterocycles. The second-order valence-corrected chi connectivity index (χ2v) is 12.6. The molecular formula is C24H28ClN5O6S2. The zero-order valence-electron chi connectivity index (χ0n) is 20.8. The Bertz CT molecular complexity index is 1600. The van der Waals surface area contributed by atoms with E-state index < -0.39 is 32.0 Å². The third-order valence-corrected chi connectivity index (χ3v) is 8.74. The molecule has 38 heavy (non-hydrogen) atoms. The number of halogens is 1. The molecule has 3 rings (SSSR count). The van der Waals surface area contributed by atoms with E-state index in [9.17, 15) is 26.8 Å². The van der Waals surface area contributed by atoms with Gasteiger partial charge in [-0.05, 0) is 54.3 Å². The summed E-state index contributed by atoms with van der Waals surface area (Å²) < 4.78 is 49.6. The van der Waals surface area contributed by atoms with Gasteiger partial charge in [0.1, 0.15) is 6.04 Å². The molecule has 1 atom stereocenters. The van der Waals surface area contributed by atoms with Crippen LogP contribution in [0.1, 0.15) is 11.1 Å². The van der Waals surface area contributed by atoms with Gasteiger partial charge < -0.3 is 11.1 Å². The molecule has 0 saturated carbocycles. The largest absolute Gasteiger partial charge is 0.397 e. The van der Waals surface area contributed by atoms with Crippen LogP contribution in [0.15, 0.2) is 59.5 Å². The number of nitrogens with two attached hydrogens (primary N) is 2. The number of hydrogen-bond donors (Lipinski definition) is 5. The fourth-order valence-corrected chi connectivity index (χ4v) is 5.49. The summed E-state index contributed by atoms with van der Waals surface area (Å²) in [6.45, 7) is 1.69. The first-order valence-electron chi connectivity index (χ1n) is 11.1. The second kappa shape index (κ2) is 11.3. The average molecular weight is 582 g/mol. The van der Waals surface area contributed by atoms with Gasteiger partial charge in [0.15, 0.2) is 0 Å². The number of nitrogen functional groups attached to an aromatic ring is 1. The minimum Gasteiger partial charge on any atom is -0.397 e.